The van der Waals surface area contributed by atoms with Crippen LogP contribution in [0.15, 0.2) is 53.9 Å². The summed E-state index contributed by atoms with van der Waals surface area (Å²) in [5.74, 6) is 0. The van der Waals surface area contributed by atoms with Crippen molar-refractivity contribution in [3.8, 4) is 11.1 Å². The van der Waals surface area contributed by atoms with E-state index in [1.165, 1.54) is 22.6 Å². The van der Waals surface area contributed by atoms with Gasteiger partial charge in [0.1, 0.15) is 11.1 Å². The Hall–Kier alpha value is -2.75. The third-order valence-electron chi connectivity index (χ3n) is 5.16. The molecule has 0 aliphatic carbocycles. The summed E-state index contributed by atoms with van der Waals surface area (Å²) in [6.07, 6.45) is 7.25. The Labute approximate surface area is 169 Å². The predicted octanol–water partition coefficient (Wildman–Crippen LogP) is 1.66. The van der Waals surface area contributed by atoms with Gasteiger partial charge in [0, 0.05) is 50.5 Å². The van der Waals surface area contributed by atoms with Crippen molar-refractivity contribution < 1.29 is 13.5 Å². The molecule has 0 radical (unpaired) electrons. The van der Waals surface area contributed by atoms with Crippen LogP contribution in [0.3, 0.4) is 0 Å². The van der Waals surface area contributed by atoms with Crippen molar-refractivity contribution in [2.24, 2.45) is 7.05 Å². The first-order valence-electron chi connectivity index (χ1n) is 9.30. The molecule has 0 bridgehead atoms. The Balaban J connectivity index is 1.54. The van der Waals surface area contributed by atoms with E-state index in [1.54, 1.807) is 19.4 Å². The van der Waals surface area contributed by atoms with E-state index in [0.29, 0.717) is 6.42 Å². The van der Waals surface area contributed by atoms with Crippen LogP contribution in [0.2, 0.25) is 0 Å². The first kappa shape index (κ1) is 19.6. The van der Waals surface area contributed by atoms with E-state index in [1.807, 2.05) is 30.1 Å². The Morgan fingerprint density at radius 2 is 2.00 bits per heavy atom. The standard InChI is InChI=1S/C20H23N5O3S/c1-24-13-18(12-22-24)29(27,28)23-10-14-7-17(11-21-9-14)15-3-5-19-16(8-15)4-6-20(26)25(19)2/h3,5,7-9,11-13,20,23,26H,4,6,10H2,1-2H3. The average molecular weight is 414 g/mol. The molecule has 0 saturated heterocycles. The van der Waals surface area contributed by atoms with Gasteiger partial charge in [-0.15, -0.1) is 0 Å². The summed E-state index contributed by atoms with van der Waals surface area (Å²) < 4.78 is 28.8. The number of nitrogens with one attached hydrogen (secondary N) is 1. The summed E-state index contributed by atoms with van der Waals surface area (Å²) >= 11 is 0. The van der Waals surface area contributed by atoms with Gasteiger partial charge in [-0.2, -0.15) is 5.10 Å². The van der Waals surface area contributed by atoms with Gasteiger partial charge in [0.15, 0.2) is 0 Å². The van der Waals surface area contributed by atoms with Gasteiger partial charge < -0.3 is 10.0 Å². The number of hydrogen-bond acceptors (Lipinski definition) is 6. The second kappa shape index (κ2) is 7.58. The highest BCUT2D eigenvalue weighted by Crippen LogP contribution is 2.32. The molecule has 0 spiro atoms. The summed E-state index contributed by atoms with van der Waals surface area (Å²) in [7, 11) is -0.0710. The molecule has 1 unspecified atom stereocenters. The van der Waals surface area contributed by atoms with Gasteiger partial charge in [0.25, 0.3) is 0 Å². The normalized spacial score (nSPS) is 16.7. The van der Waals surface area contributed by atoms with Crippen molar-refractivity contribution >= 4 is 15.7 Å². The lowest BCUT2D eigenvalue weighted by molar-refractivity contribution is 0.160. The van der Waals surface area contributed by atoms with Crippen molar-refractivity contribution in [1.29, 1.82) is 0 Å². The molecular formula is C20H23N5O3S. The summed E-state index contributed by atoms with van der Waals surface area (Å²) in [5, 5.41) is 13.9. The minimum absolute atomic E-state index is 0.130. The number of pyridine rings is 1. The SMILES string of the molecule is CN1c2ccc(-c3cncc(CNS(=O)(=O)c4cnn(C)c4)c3)cc2CCC1O. The van der Waals surface area contributed by atoms with Crippen LogP contribution < -0.4 is 9.62 Å². The zero-order chi connectivity index (χ0) is 20.6. The van der Waals surface area contributed by atoms with Gasteiger partial charge in [-0.05, 0) is 47.7 Å². The van der Waals surface area contributed by atoms with E-state index in [2.05, 4.69) is 20.9 Å². The number of anilines is 1. The van der Waals surface area contributed by atoms with Gasteiger partial charge >= 0.3 is 0 Å². The molecule has 152 valence electrons. The van der Waals surface area contributed by atoms with Gasteiger partial charge in [-0.25, -0.2) is 13.1 Å². The number of hydrogen-bond donors (Lipinski definition) is 2. The average Bonchev–Trinajstić information content (AvgIpc) is 3.17. The lowest BCUT2D eigenvalue weighted by Crippen LogP contribution is -2.35. The molecule has 1 aliphatic rings. The fourth-order valence-electron chi connectivity index (χ4n) is 3.49. The Bertz CT molecular complexity index is 1140. The van der Waals surface area contributed by atoms with E-state index in [-0.39, 0.29) is 11.4 Å². The molecule has 1 aliphatic heterocycles. The van der Waals surface area contributed by atoms with Gasteiger partial charge in [-0.1, -0.05) is 6.07 Å². The predicted molar refractivity (Wildman–Crippen MR) is 110 cm³/mol. The van der Waals surface area contributed by atoms with Crippen LogP contribution in [-0.2, 0) is 30.0 Å². The van der Waals surface area contributed by atoms with Crippen molar-refractivity contribution in [3.63, 3.8) is 0 Å². The number of benzene rings is 1. The van der Waals surface area contributed by atoms with Gasteiger partial charge in [-0.3, -0.25) is 9.67 Å². The van der Waals surface area contributed by atoms with E-state index >= 15 is 0 Å². The van der Waals surface area contributed by atoms with Crippen LogP contribution in [0, 0.1) is 0 Å². The highest BCUT2D eigenvalue weighted by molar-refractivity contribution is 7.89. The highest BCUT2D eigenvalue weighted by Gasteiger charge is 2.21. The van der Waals surface area contributed by atoms with Gasteiger partial charge in [0.05, 0.1) is 6.20 Å². The molecule has 3 aromatic rings. The number of sulfonamides is 1. The molecule has 0 fully saturated rings. The number of fused-ring (bicyclic) bond motifs is 1. The van der Waals surface area contributed by atoms with E-state index < -0.39 is 16.3 Å². The fourth-order valence-corrected chi connectivity index (χ4v) is 4.49. The zero-order valence-corrected chi connectivity index (χ0v) is 17.1. The molecule has 1 aromatic carbocycles. The number of aliphatic hydroxyl groups is 1. The summed E-state index contributed by atoms with van der Waals surface area (Å²) in [4.78, 5) is 6.29. The Kier molecular flexibility index (Phi) is 5.12. The Morgan fingerprint density at radius 1 is 1.17 bits per heavy atom. The van der Waals surface area contributed by atoms with E-state index in [4.69, 9.17) is 0 Å². The maximum Gasteiger partial charge on any atom is 0.243 e. The smallest absolute Gasteiger partial charge is 0.243 e. The maximum atomic E-state index is 12.4. The third-order valence-corrected chi connectivity index (χ3v) is 6.52. The summed E-state index contributed by atoms with van der Waals surface area (Å²) in [6, 6.07) is 8.04. The molecule has 2 N–H and O–H groups in total. The molecule has 1 atom stereocenters. The molecule has 9 heteroatoms. The molecule has 4 rings (SSSR count). The van der Waals surface area contributed by atoms with Crippen LogP contribution in [0.5, 0.6) is 0 Å². The van der Waals surface area contributed by atoms with Crippen molar-refractivity contribution in [3.05, 3.63) is 60.2 Å². The molecule has 0 saturated carbocycles. The minimum atomic E-state index is -3.63. The number of aromatic nitrogens is 3. The molecule has 8 nitrogen and oxygen atoms in total. The largest absolute Gasteiger partial charge is 0.374 e. The monoisotopic (exact) mass is 413 g/mol. The second-order valence-electron chi connectivity index (χ2n) is 7.23. The topological polar surface area (TPSA) is 100 Å². The maximum absolute atomic E-state index is 12.4. The first-order chi connectivity index (χ1) is 13.8. The summed E-state index contributed by atoms with van der Waals surface area (Å²) in [5.41, 5.74) is 4.90. The molecule has 0 amide bonds. The van der Waals surface area contributed by atoms with E-state index in [0.717, 1.165) is 28.8 Å². The molecule has 29 heavy (non-hydrogen) atoms. The van der Waals surface area contributed by atoms with Crippen LogP contribution in [0.1, 0.15) is 17.5 Å². The Morgan fingerprint density at radius 3 is 2.76 bits per heavy atom. The number of aliphatic hydroxyl groups excluding tert-OH is 1. The zero-order valence-electron chi connectivity index (χ0n) is 16.3. The molecule has 3 heterocycles. The van der Waals surface area contributed by atoms with Crippen LogP contribution >= 0.6 is 0 Å². The number of rotatable bonds is 5. The fraction of sp³-hybridized carbons (Fsp3) is 0.300. The highest BCUT2D eigenvalue weighted by atomic mass is 32.2. The lowest BCUT2D eigenvalue weighted by atomic mass is 9.96. The number of nitrogens with zero attached hydrogens (tertiary/aromatic N) is 4. The lowest BCUT2D eigenvalue weighted by Gasteiger charge is -2.32. The van der Waals surface area contributed by atoms with Crippen LogP contribution in [0.4, 0.5) is 5.69 Å². The number of aryl methyl sites for hydroxylation is 2. The van der Waals surface area contributed by atoms with Crippen molar-refractivity contribution in [2.75, 3.05) is 11.9 Å². The molecule has 2 aromatic heterocycles. The third kappa shape index (κ3) is 4.02. The molecular weight excluding hydrogens is 390 g/mol. The second-order valence-corrected chi connectivity index (χ2v) is 9.00. The van der Waals surface area contributed by atoms with Crippen molar-refractivity contribution in [2.45, 2.75) is 30.5 Å². The first-order valence-corrected chi connectivity index (χ1v) is 10.8. The van der Waals surface area contributed by atoms with Gasteiger partial charge in [0.2, 0.25) is 10.0 Å². The quantitative estimate of drug-likeness (QED) is 0.660. The van der Waals surface area contributed by atoms with Crippen LogP contribution in [-0.4, -0.2) is 41.6 Å². The van der Waals surface area contributed by atoms with Crippen molar-refractivity contribution in [1.82, 2.24) is 19.5 Å². The minimum Gasteiger partial charge on any atom is -0.374 e. The summed E-state index contributed by atoms with van der Waals surface area (Å²) in [6.45, 7) is 0.137. The van der Waals surface area contributed by atoms with E-state index in [9.17, 15) is 13.5 Å². The van der Waals surface area contributed by atoms with Crippen LogP contribution in [0.25, 0.3) is 11.1 Å².